The highest BCUT2D eigenvalue weighted by atomic mass is 16.3. The summed E-state index contributed by atoms with van der Waals surface area (Å²) in [6, 6.07) is 17.9. The van der Waals surface area contributed by atoms with Gasteiger partial charge in [-0.15, -0.1) is 0 Å². The number of aromatic nitrogens is 1. The Morgan fingerprint density at radius 1 is 1.04 bits per heavy atom. The summed E-state index contributed by atoms with van der Waals surface area (Å²) in [5.41, 5.74) is 1.95. The number of aliphatic hydroxyl groups is 1. The summed E-state index contributed by atoms with van der Waals surface area (Å²) >= 11 is 0. The van der Waals surface area contributed by atoms with E-state index in [1.165, 1.54) is 0 Å². The van der Waals surface area contributed by atoms with Crippen LogP contribution in [-0.2, 0) is 12.0 Å². The second kappa shape index (κ2) is 5.82. The van der Waals surface area contributed by atoms with Crippen LogP contribution < -0.4 is 0 Å². The van der Waals surface area contributed by atoms with E-state index in [-0.39, 0.29) is 5.92 Å². The normalized spacial score (nSPS) is 24.8. The van der Waals surface area contributed by atoms with Crippen LogP contribution in [0.4, 0.5) is 0 Å². The smallest absolute Gasteiger partial charge is 0.195 e. The maximum absolute atomic E-state index is 11.4. The van der Waals surface area contributed by atoms with Gasteiger partial charge in [0.2, 0.25) is 0 Å². The fourth-order valence-corrected chi connectivity index (χ4v) is 3.82. The van der Waals surface area contributed by atoms with E-state index >= 15 is 0 Å². The van der Waals surface area contributed by atoms with E-state index in [4.69, 9.17) is 4.42 Å². The van der Waals surface area contributed by atoms with Gasteiger partial charge in [0, 0.05) is 12.3 Å². The van der Waals surface area contributed by atoms with Crippen LogP contribution in [0.1, 0.15) is 37.1 Å². The molecule has 3 aromatic rings. The zero-order chi connectivity index (χ0) is 15.7. The quantitative estimate of drug-likeness (QED) is 0.777. The third kappa shape index (κ3) is 2.66. The standard InChI is InChI=1S/C20H21NO2/c22-20(15-8-2-1-3-9-15)13-7-6-10-16(20)14-19-21-17-11-4-5-12-18(17)23-19/h1-5,8-9,11-12,16,22H,6-7,10,13-14H2/t16-,20+/m1/s1. The van der Waals surface area contributed by atoms with Crippen molar-refractivity contribution >= 4 is 11.1 Å². The number of rotatable bonds is 3. The molecule has 3 nitrogen and oxygen atoms in total. The minimum Gasteiger partial charge on any atom is -0.441 e. The van der Waals surface area contributed by atoms with Crippen LogP contribution in [0.15, 0.2) is 59.0 Å². The number of benzene rings is 2. The van der Waals surface area contributed by atoms with E-state index in [0.29, 0.717) is 6.42 Å². The van der Waals surface area contributed by atoms with Gasteiger partial charge in [-0.2, -0.15) is 0 Å². The minimum atomic E-state index is -0.778. The molecule has 0 bridgehead atoms. The lowest BCUT2D eigenvalue weighted by molar-refractivity contribution is -0.0561. The second-order valence-corrected chi connectivity index (χ2v) is 6.51. The first kappa shape index (κ1) is 14.5. The molecule has 118 valence electrons. The highest BCUT2D eigenvalue weighted by Gasteiger charge is 2.40. The number of nitrogens with zero attached hydrogens (tertiary/aromatic N) is 1. The lowest BCUT2D eigenvalue weighted by atomic mass is 9.70. The average molecular weight is 307 g/mol. The molecule has 1 saturated carbocycles. The van der Waals surface area contributed by atoms with Gasteiger partial charge in [0.25, 0.3) is 0 Å². The molecule has 0 aliphatic heterocycles. The molecule has 1 aromatic heterocycles. The summed E-state index contributed by atoms with van der Waals surface area (Å²) in [4.78, 5) is 4.59. The predicted octanol–water partition coefficient (Wildman–Crippen LogP) is 4.45. The molecule has 0 spiro atoms. The molecule has 0 radical (unpaired) electrons. The highest BCUT2D eigenvalue weighted by Crippen LogP contribution is 2.43. The maximum Gasteiger partial charge on any atom is 0.195 e. The van der Waals surface area contributed by atoms with Crippen molar-refractivity contribution in [3.63, 3.8) is 0 Å². The zero-order valence-corrected chi connectivity index (χ0v) is 13.1. The van der Waals surface area contributed by atoms with Gasteiger partial charge in [0.15, 0.2) is 11.5 Å². The van der Waals surface area contributed by atoms with Crippen LogP contribution in [0.3, 0.4) is 0 Å². The first-order valence-corrected chi connectivity index (χ1v) is 8.38. The lowest BCUT2D eigenvalue weighted by Crippen LogP contribution is -2.39. The molecule has 0 amide bonds. The largest absolute Gasteiger partial charge is 0.441 e. The molecule has 1 N–H and O–H groups in total. The third-order valence-corrected chi connectivity index (χ3v) is 5.07. The summed E-state index contributed by atoms with van der Waals surface area (Å²) in [5.74, 6) is 0.874. The number of oxazole rings is 1. The van der Waals surface area contributed by atoms with Crippen molar-refractivity contribution in [3.05, 3.63) is 66.1 Å². The topological polar surface area (TPSA) is 46.3 Å². The molecule has 4 rings (SSSR count). The lowest BCUT2D eigenvalue weighted by Gasteiger charge is -2.40. The number of hydrogen-bond donors (Lipinski definition) is 1. The van der Waals surface area contributed by atoms with Crippen molar-refractivity contribution in [1.82, 2.24) is 4.98 Å². The van der Waals surface area contributed by atoms with E-state index in [9.17, 15) is 5.11 Å². The van der Waals surface area contributed by atoms with Gasteiger partial charge >= 0.3 is 0 Å². The van der Waals surface area contributed by atoms with E-state index in [1.807, 2.05) is 54.6 Å². The van der Waals surface area contributed by atoms with Crippen molar-refractivity contribution in [3.8, 4) is 0 Å². The van der Waals surface area contributed by atoms with Gasteiger partial charge < -0.3 is 9.52 Å². The molecule has 2 atom stereocenters. The Balaban J connectivity index is 1.65. The fraction of sp³-hybridized carbons (Fsp3) is 0.350. The molecule has 3 heteroatoms. The summed E-state index contributed by atoms with van der Waals surface area (Å²) in [5, 5.41) is 11.4. The first-order valence-electron chi connectivity index (χ1n) is 8.38. The van der Waals surface area contributed by atoms with E-state index in [2.05, 4.69) is 4.98 Å². The summed E-state index contributed by atoms with van der Waals surface area (Å²) in [6.45, 7) is 0. The fourth-order valence-electron chi connectivity index (χ4n) is 3.82. The van der Waals surface area contributed by atoms with Crippen LogP contribution in [0.2, 0.25) is 0 Å². The van der Waals surface area contributed by atoms with Crippen molar-refractivity contribution in [1.29, 1.82) is 0 Å². The Bertz CT molecular complexity index is 763. The third-order valence-electron chi connectivity index (χ3n) is 5.07. The Morgan fingerprint density at radius 3 is 2.65 bits per heavy atom. The van der Waals surface area contributed by atoms with Crippen molar-refractivity contribution in [2.75, 3.05) is 0 Å². The van der Waals surface area contributed by atoms with Crippen molar-refractivity contribution in [2.45, 2.75) is 37.7 Å². The molecule has 23 heavy (non-hydrogen) atoms. The van der Waals surface area contributed by atoms with Gasteiger partial charge in [-0.3, -0.25) is 0 Å². The Labute approximate surface area is 136 Å². The van der Waals surface area contributed by atoms with Gasteiger partial charge in [0.05, 0.1) is 5.60 Å². The SMILES string of the molecule is O[C@]1(c2ccccc2)CCCC[C@@H]1Cc1nc2ccccc2o1. The van der Waals surface area contributed by atoms with E-state index in [0.717, 1.165) is 48.2 Å². The van der Waals surface area contributed by atoms with Gasteiger partial charge in [-0.1, -0.05) is 55.3 Å². The number of hydrogen-bond acceptors (Lipinski definition) is 3. The molecular formula is C20H21NO2. The van der Waals surface area contributed by atoms with Crippen LogP contribution in [0.5, 0.6) is 0 Å². The molecule has 0 saturated heterocycles. The summed E-state index contributed by atoms with van der Waals surface area (Å²) in [6.07, 6.45) is 4.71. The summed E-state index contributed by atoms with van der Waals surface area (Å²) < 4.78 is 5.88. The zero-order valence-electron chi connectivity index (χ0n) is 13.1. The highest BCUT2D eigenvalue weighted by molar-refractivity contribution is 5.72. The number of para-hydroxylation sites is 2. The van der Waals surface area contributed by atoms with Crippen molar-refractivity contribution in [2.24, 2.45) is 5.92 Å². The van der Waals surface area contributed by atoms with E-state index in [1.54, 1.807) is 0 Å². The molecule has 2 aromatic carbocycles. The van der Waals surface area contributed by atoms with Crippen LogP contribution in [-0.4, -0.2) is 10.1 Å². The van der Waals surface area contributed by atoms with Crippen LogP contribution >= 0.6 is 0 Å². The van der Waals surface area contributed by atoms with Gasteiger partial charge in [0.1, 0.15) is 5.52 Å². The molecule has 1 fully saturated rings. The minimum absolute atomic E-state index is 0.145. The monoisotopic (exact) mass is 307 g/mol. The Kier molecular flexibility index (Phi) is 3.66. The second-order valence-electron chi connectivity index (χ2n) is 6.51. The summed E-state index contributed by atoms with van der Waals surface area (Å²) in [7, 11) is 0. The van der Waals surface area contributed by atoms with Crippen LogP contribution in [0, 0.1) is 5.92 Å². The predicted molar refractivity (Wildman–Crippen MR) is 90.0 cm³/mol. The van der Waals surface area contributed by atoms with Crippen LogP contribution in [0.25, 0.3) is 11.1 Å². The first-order chi connectivity index (χ1) is 11.3. The molecular weight excluding hydrogens is 286 g/mol. The van der Waals surface area contributed by atoms with E-state index < -0.39 is 5.60 Å². The molecule has 1 aliphatic rings. The average Bonchev–Trinajstić information content (AvgIpc) is 3.00. The van der Waals surface area contributed by atoms with Gasteiger partial charge in [-0.25, -0.2) is 4.98 Å². The van der Waals surface area contributed by atoms with Gasteiger partial charge in [-0.05, 0) is 30.5 Å². The Morgan fingerprint density at radius 2 is 1.83 bits per heavy atom. The van der Waals surface area contributed by atoms with Crippen molar-refractivity contribution < 1.29 is 9.52 Å². The molecule has 1 heterocycles. The molecule has 0 unspecified atom stereocenters. The maximum atomic E-state index is 11.4. The Hall–Kier alpha value is -2.13. The molecule has 1 aliphatic carbocycles. The number of fused-ring (bicyclic) bond motifs is 1.